The molecule has 0 radical (unpaired) electrons. The van der Waals surface area contributed by atoms with Crippen LogP contribution in [0.15, 0.2) is 0 Å². The Morgan fingerprint density at radius 2 is 1.70 bits per heavy atom. The molecule has 2 aliphatic heterocycles. The number of ether oxygens (including phenoxy) is 1. The Balaban J connectivity index is 0.000000595. The van der Waals surface area contributed by atoms with Crippen molar-refractivity contribution in [2.75, 3.05) is 45.9 Å². The SMILES string of the molecule is O=C(CN1CCOCC1)N1CCC(C2CCCCC2)C1.O=CO. The molecule has 1 N–H and O–H groups in total. The van der Waals surface area contributed by atoms with E-state index in [-0.39, 0.29) is 6.47 Å². The van der Waals surface area contributed by atoms with Gasteiger partial charge in [-0.2, -0.15) is 0 Å². The first-order valence-electron chi connectivity index (χ1n) is 8.90. The van der Waals surface area contributed by atoms with Gasteiger partial charge in [0.1, 0.15) is 0 Å². The summed E-state index contributed by atoms with van der Waals surface area (Å²) in [6, 6.07) is 0. The molecular formula is C17H30N2O4. The molecule has 3 fully saturated rings. The molecule has 0 aromatic carbocycles. The van der Waals surface area contributed by atoms with Crippen LogP contribution in [0.25, 0.3) is 0 Å². The Morgan fingerprint density at radius 1 is 1.04 bits per heavy atom. The van der Waals surface area contributed by atoms with Crippen LogP contribution in [0.1, 0.15) is 38.5 Å². The van der Waals surface area contributed by atoms with E-state index in [1.54, 1.807) is 0 Å². The standard InChI is InChI=1S/C16H28N2O2.CH2O2/c19-16(13-17-8-10-20-11-9-17)18-7-6-15(12-18)14-4-2-1-3-5-14;2-1-3/h14-15H,1-13H2;1H,(H,2,3). The van der Waals surface area contributed by atoms with Gasteiger partial charge in [-0.3, -0.25) is 14.5 Å². The lowest BCUT2D eigenvalue weighted by atomic mass is 9.80. The molecule has 0 aromatic heterocycles. The average Bonchev–Trinajstić information content (AvgIpc) is 3.07. The van der Waals surface area contributed by atoms with E-state index in [0.717, 1.165) is 51.2 Å². The summed E-state index contributed by atoms with van der Waals surface area (Å²) in [5, 5.41) is 6.89. The second-order valence-corrected chi connectivity index (χ2v) is 6.78. The van der Waals surface area contributed by atoms with Gasteiger partial charge in [-0.05, 0) is 18.3 Å². The molecule has 1 amide bonds. The maximum absolute atomic E-state index is 12.4. The minimum Gasteiger partial charge on any atom is -0.483 e. The number of carboxylic acid groups (broad SMARTS) is 1. The van der Waals surface area contributed by atoms with Crippen molar-refractivity contribution in [2.24, 2.45) is 11.8 Å². The Labute approximate surface area is 138 Å². The number of hydrogen-bond donors (Lipinski definition) is 1. The fraction of sp³-hybridized carbons (Fsp3) is 0.882. The van der Waals surface area contributed by atoms with Crippen molar-refractivity contribution in [3.8, 4) is 0 Å². The van der Waals surface area contributed by atoms with Gasteiger partial charge in [0.2, 0.25) is 5.91 Å². The van der Waals surface area contributed by atoms with Gasteiger partial charge in [0.05, 0.1) is 19.8 Å². The topological polar surface area (TPSA) is 70.1 Å². The number of likely N-dealkylation sites (tertiary alicyclic amines) is 1. The van der Waals surface area contributed by atoms with E-state index in [9.17, 15) is 4.79 Å². The van der Waals surface area contributed by atoms with Gasteiger partial charge in [0.15, 0.2) is 0 Å². The van der Waals surface area contributed by atoms with Crippen LogP contribution in [-0.2, 0) is 14.3 Å². The molecule has 3 aliphatic rings. The van der Waals surface area contributed by atoms with Crippen LogP contribution in [-0.4, -0.2) is 73.2 Å². The third-order valence-corrected chi connectivity index (χ3v) is 5.36. The minimum absolute atomic E-state index is 0.250. The van der Waals surface area contributed by atoms with Crippen LogP contribution in [0.5, 0.6) is 0 Å². The van der Waals surface area contributed by atoms with E-state index >= 15 is 0 Å². The first-order valence-corrected chi connectivity index (χ1v) is 8.90. The molecule has 2 saturated heterocycles. The first-order chi connectivity index (χ1) is 11.2. The van der Waals surface area contributed by atoms with Gasteiger partial charge >= 0.3 is 0 Å². The van der Waals surface area contributed by atoms with Crippen molar-refractivity contribution < 1.29 is 19.4 Å². The number of rotatable bonds is 3. The molecule has 6 nitrogen and oxygen atoms in total. The maximum atomic E-state index is 12.4. The highest BCUT2D eigenvalue weighted by Gasteiger charge is 2.32. The minimum atomic E-state index is -0.250. The van der Waals surface area contributed by atoms with Crippen molar-refractivity contribution in [3.63, 3.8) is 0 Å². The highest BCUT2D eigenvalue weighted by molar-refractivity contribution is 5.78. The van der Waals surface area contributed by atoms with Gasteiger partial charge in [-0.15, -0.1) is 0 Å². The average molecular weight is 326 g/mol. The van der Waals surface area contributed by atoms with Crippen molar-refractivity contribution in [1.82, 2.24) is 9.80 Å². The van der Waals surface area contributed by atoms with Crippen LogP contribution in [0.4, 0.5) is 0 Å². The van der Waals surface area contributed by atoms with E-state index in [0.29, 0.717) is 12.5 Å². The lowest BCUT2D eigenvalue weighted by Gasteiger charge is -2.29. The third-order valence-electron chi connectivity index (χ3n) is 5.36. The number of morpholine rings is 1. The Morgan fingerprint density at radius 3 is 2.35 bits per heavy atom. The molecule has 1 saturated carbocycles. The summed E-state index contributed by atoms with van der Waals surface area (Å²) in [7, 11) is 0. The first kappa shape index (κ1) is 18.2. The monoisotopic (exact) mass is 326 g/mol. The number of nitrogens with zero attached hydrogens (tertiary/aromatic N) is 2. The molecule has 132 valence electrons. The molecule has 1 atom stereocenters. The second kappa shape index (κ2) is 9.88. The van der Waals surface area contributed by atoms with E-state index in [2.05, 4.69) is 9.80 Å². The van der Waals surface area contributed by atoms with Gasteiger partial charge in [-0.25, -0.2) is 0 Å². The Kier molecular flexibility index (Phi) is 7.82. The van der Waals surface area contributed by atoms with Crippen molar-refractivity contribution in [1.29, 1.82) is 0 Å². The largest absolute Gasteiger partial charge is 0.483 e. The van der Waals surface area contributed by atoms with Crippen molar-refractivity contribution in [3.05, 3.63) is 0 Å². The highest BCUT2D eigenvalue weighted by Crippen LogP contribution is 2.35. The number of amides is 1. The van der Waals surface area contributed by atoms with E-state index in [1.807, 2.05) is 0 Å². The van der Waals surface area contributed by atoms with Crippen LogP contribution in [0.3, 0.4) is 0 Å². The van der Waals surface area contributed by atoms with E-state index in [4.69, 9.17) is 14.6 Å². The van der Waals surface area contributed by atoms with Crippen LogP contribution < -0.4 is 0 Å². The lowest BCUT2D eigenvalue weighted by molar-refractivity contribution is -0.132. The highest BCUT2D eigenvalue weighted by atomic mass is 16.5. The molecular weight excluding hydrogens is 296 g/mol. The Hall–Kier alpha value is -1.14. The van der Waals surface area contributed by atoms with Crippen LogP contribution in [0.2, 0.25) is 0 Å². The molecule has 0 bridgehead atoms. The van der Waals surface area contributed by atoms with E-state index < -0.39 is 0 Å². The molecule has 2 heterocycles. The van der Waals surface area contributed by atoms with Crippen molar-refractivity contribution in [2.45, 2.75) is 38.5 Å². The van der Waals surface area contributed by atoms with Crippen LogP contribution in [0, 0.1) is 11.8 Å². The fourth-order valence-corrected chi connectivity index (χ4v) is 4.05. The summed E-state index contributed by atoms with van der Waals surface area (Å²) >= 11 is 0. The second-order valence-electron chi connectivity index (χ2n) is 6.78. The quantitative estimate of drug-likeness (QED) is 0.795. The van der Waals surface area contributed by atoms with Crippen LogP contribution >= 0.6 is 0 Å². The Bertz CT molecular complexity index is 366. The summed E-state index contributed by atoms with van der Waals surface area (Å²) in [5.41, 5.74) is 0. The third kappa shape index (κ3) is 5.77. The van der Waals surface area contributed by atoms with Gasteiger partial charge in [-0.1, -0.05) is 32.1 Å². The zero-order chi connectivity index (χ0) is 16.5. The predicted molar refractivity (Wildman–Crippen MR) is 87.2 cm³/mol. The molecule has 1 aliphatic carbocycles. The number of hydrogen-bond acceptors (Lipinski definition) is 4. The fourth-order valence-electron chi connectivity index (χ4n) is 4.05. The molecule has 23 heavy (non-hydrogen) atoms. The molecule has 0 spiro atoms. The molecule has 3 rings (SSSR count). The molecule has 6 heteroatoms. The summed E-state index contributed by atoms with van der Waals surface area (Å²) < 4.78 is 5.34. The van der Waals surface area contributed by atoms with E-state index in [1.165, 1.54) is 38.5 Å². The van der Waals surface area contributed by atoms with Gasteiger partial charge < -0.3 is 14.7 Å². The molecule has 0 aromatic rings. The summed E-state index contributed by atoms with van der Waals surface area (Å²) in [4.78, 5) is 25.1. The smallest absolute Gasteiger partial charge is 0.290 e. The zero-order valence-corrected chi connectivity index (χ0v) is 14.0. The lowest BCUT2D eigenvalue weighted by Crippen LogP contribution is -2.44. The summed E-state index contributed by atoms with van der Waals surface area (Å²) in [6.45, 7) is 5.73. The van der Waals surface area contributed by atoms with Gasteiger partial charge in [0, 0.05) is 26.2 Å². The van der Waals surface area contributed by atoms with Gasteiger partial charge in [0.25, 0.3) is 6.47 Å². The predicted octanol–water partition coefficient (Wildman–Crippen LogP) is 1.45. The number of carbonyl (C=O) groups is 2. The summed E-state index contributed by atoms with van der Waals surface area (Å²) in [6.07, 6.45) is 8.26. The maximum Gasteiger partial charge on any atom is 0.290 e. The summed E-state index contributed by atoms with van der Waals surface area (Å²) in [5.74, 6) is 2.01. The van der Waals surface area contributed by atoms with Crippen molar-refractivity contribution >= 4 is 12.4 Å². The zero-order valence-electron chi connectivity index (χ0n) is 14.0. The number of carbonyl (C=O) groups excluding carboxylic acids is 1. The normalized spacial score (nSPS) is 26.4. The molecule has 1 unspecified atom stereocenters.